The van der Waals surface area contributed by atoms with E-state index < -0.39 is 0 Å². The molecule has 8 heteroatoms. The van der Waals surface area contributed by atoms with Crippen molar-refractivity contribution in [1.29, 1.82) is 0 Å². The molecule has 0 aliphatic heterocycles. The van der Waals surface area contributed by atoms with Crippen LogP contribution < -0.4 is 11.1 Å². The number of hydrogen-bond acceptors (Lipinski definition) is 5. The van der Waals surface area contributed by atoms with Crippen molar-refractivity contribution < 1.29 is 4.79 Å². The molecule has 1 atom stereocenters. The monoisotopic (exact) mass is 235 g/mol. The van der Waals surface area contributed by atoms with Gasteiger partial charge >= 0.3 is 0 Å². The van der Waals surface area contributed by atoms with Gasteiger partial charge < -0.3 is 16.0 Å². The first-order valence-corrected chi connectivity index (χ1v) is 5.18. The number of aromatic amines is 2. The second kappa shape index (κ2) is 4.64. The van der Waals surface area contributed by atoms with Crippen LogP contribution in [0.3, 0.4) is 0 Å². The van der Waals surface area contributed by atoms with E-state index in [1.807, 2.05) is 6.92 Å². The van der Waals surface area contributed by atoms with Crippen LogP contribution in [0.1, 0.15) is 35.8 Å². The average molecular weight is 235 g/mol. The average Bonchev–Trinajstić information content (AvgIpc) is 2.96. The molecule has 0 saturated carbocycles. The first-order chi connectivity index (χ1) is 8.20. The maximum atomic E-state index is 11.8. The highest BCUT2D eigenvalue weighted by atomic mass is 16.2. The summed E-state index contributed by atoms with van der Waals surface area (Å²) in [7, 11) is 0. The number of H-pyrrole nitrogens is 2. The number of rotatable bonds is 4. The number of nitrogens with zero attached hydrogens (tertiary/aromatic N) is 3. The summed E-state index contributed by atoms with van der Waals surface area (Å²) in [5, 5.41) is 8.82. The fraction of sp³-hybridized carbons (Fsp3) is 0.333. The first-order valence-electron chi connectivity index (χ1n) is 5.18. The number of carbonyl (C=O) groups excluding carboxylic acids is 1. The molecular formula is C9H13N7O. The van der Waals surface area contributed by atoms with Gasteiger partial charge in [0.15, 0.2) is 0 Å². The van der Waals surface area contributed by atoms with E-state index in [0.717, 1.165) is 0 Å². The Labute approximate surface area is 97.0 Å². The quantitative estimate of drug-likeness (QED) is 0.593. The number of anilines is 1. The molecule has 0 aliphatic carbocycles. The summed E-state index contributed by atoms with van der Waals surface area (Å²) in [5.74, 6) is 0.472. The topological polar surface area (TPSA) is 125 Å². The van der Waals surface area contributed by atoms with Crippen molar-refractivity contribution in [2.45, 2.75) is 19.4 Å². The third-order valence-corrected chi connectivity index (χ3v) is 2.28. The molecule has 0 bridgehead atoms. The number of aromatic nitrogens is 5. The minimum Gasteiger partial charge on any atom is -0.366 e. The lowest BCUT2D eigenvalue weighted by Gasteiger charge is -2.13. The Balaban J connectivity index is 2.07. The van der Waals surface area contributed by atoms with E-state index in [1.54, 1.807) is 12.4 Å². The molecule has 17 heavy (non-hydrogen) atoms. The maximum Gasteiger partial charge on any atom is 0.289 e. The standard InChI is InChI=1S/C9H13N7O/c1-2-5(6-11-3-4-12-6)13-8(17)7-14-9(10)16-15-7/h3-5H,2H2,1H3,(H,11,12)(H,13,17)(H3,10,14,15,16). The van der Waals surface area contributed by atoms with E-state index in [4.69, 9.17) is 5.73 Å². The van der Waals surface area contributed by atoms with Crippen molar-refractivity contribution in [3.05, 3.63) is 24.0 Å². The van der Waals surface area contributed by atoms with Crippen LogP contribution in [-0.2, 0) is 0 Å². The van der Waals surface area contributed by atoms with E-state index in [2.05, 4.69) is 30.5 Å². The van der Waals surface area contributed by atoms with Gasteiger partial charge in [0.1, 0.15) is 5.82 Å². The van der Waals surface area contributed by atoms with Gasteiger partial charge in [0.2, 0.25) is 11.8 Å². The minimum atomic E-state index is -0.363. The Hall–Kier alpha value is -2.38. The smallest absolute Gasteiger partial charge is 0.289 e. The van der Waals surface area contributed by atoms with E-state index in [-0.39, 0.29) is 23.7 Å². The summed E-state index contributed by atoms with van der Waals surface area (Å²) in [6.45, 7) is 1.95. The molecular weight excluding hydrogens is 222 g/mol. The Bertz CT molecular complexity index is 489. The predicted octanol–water partition coefficient (Wildman–Crippen LogP) is -0.00890. The molecule has 8 nitrogen and oxygen atoms in total. The molecule has 0 aromatic carbocycles. The van der Waals surface area contributed by atoms with Crippen LogP contribution in [0.4, 0.5) is 5.95 Å². The predicted molar refractivity (Wildman–Crippen MR) is 59.9 cm³/mol. The molecule has 2 aromatic rings. The van der Waals surface area contributed by atoms with E-state index >= 15 is 0 Å². The second-order valence-corrected chi connectivity index (χ2v) is 3.45. The molecule has 0 fully saturated rings. The van der Waals surface area contributed by atoms with E-state index in [1.165, 1.54) is 0 Å². The fourth-order valence-electron chi connectivity index (χ4n) is 1.43. The van der Waals surface area contributed by atoms with Crippen molar-refractivity contribution in [2.24, 2.45) is 0 Å². The number of imidazole rings is 1. The summed E-state index contributed by atoms with van der Waals surface area (Å²) in [6, 6.07) is -0.191. The van der Waals surface area contributed by atoms with Crippen molar-refractivity contribution >= 4 is 11.9 Å². The number of hydrogen-bond donors (Lipinski definition) is 4. The van der Waals surface area contributed by atoms with Crippen molar-refractivity contribution in [2.75, 3.05) is 5.73 Å². The molecule has 5 N–H and O–H groups in total. The van der Waals surface area contributed by atoms with Crippen LogP contribution in [0.5, 0.6) is 0 Å². The van der Waals surface area contributed by atoms with Gasteiger partial charge in [0.25, 0.3) is 5.91 Å². The fourth-order valence-corrected chi connectivity index (χ4v) is 1.43. The second-order valence-electron chi connectivity index (χ2n) is 3.45. The van der Waals surface area contributed by atoms with Crippen LogP contribution in [-0.4, -0.2) is 31.1 Å². The zero-order valence-electron chi connectivity index (χ0n) is 9.27. The molecule has 2 aromatic heterocycles. The number of amides is 1. The van der Waals surface area contributed by atoms with Gasteiger partial charge in [0, 0.05) is 12.4 Å². The highest BCUT2D eigenvalue weighted by molar-refractivity contribution is 5.90. The van der Waals surface area contributed by atoms with E-state index in [9.17, 15) is 4.79 Å². The van der Waals surface area contributed by atoms with Gasteiger partial charge in [-0.1, -0.05) is 6.92 Å². The molecule has 0 radical (unpaired) electrons. The molecule has 1 amide bonds. The number of nitrogens with two attached hydrogens (primary N) is 1. The lowest BCUT2D eigenvalue weighted by Crippen LogP contribution is -2.29. The zero-order chi connectivity index (χ0) is 12.3. The lowest BCUT2D eigenvalue weighted by molar-refractivity contribution is 0.0924. The molecule has 1 unspecified atom stereocenters. The normalized spacial score (nSPS) is 12.3. The number of nitrogens with one attached hydrogen (secondary N) is 3. The van der Waals surface area contributed by atoms with Gasteiger partial charge in [-0.25, -0.2) is 4.98 Å². The Kier molecular flexibility index (Phi) is 3.03. The summed E-state index contributed by atoms with van der Waals surface area (Å²) in [6.07, 6.45) is 4.05. The maximum absolute atomic E-state index is 11.8. The van der Waals surface area contributed by atoms with Crippen LogP contribution in [0.15, 0.2) is 12.4 Å². The van der Waals surface area contributed by atoms with Crippen LogP contribution in [0.25, 0.3) is 0 Å². The van der Waals surface area contributed by atoms with Crippen molar-refractivity contribution in [3.63, 3.8) is 0 Å². The third kappa shape index (κ3) is 2.41. The summed E-state index contributed by atoms with van der Waals surface area (Å²) in [4.78, 5) is 22.6. The molecule has 0 aliphatic rings. The van der Waals surface area contributed by atoms with Gasteiger partial charge in [0.05, 0.1) is 6.04 Å². The van der Waals surface area contributed by atoms with Crippen LogP contribution in [0, 0.1) is 0 Å². The van der Waals surface area contributed by atoms with Gasteiger partial charge in [-0.3, -0.25) is 9.89 Å². The third-order valence-electron chi connectivity index (χ3n) is 2.28. The largest absolute Gasteiger partial charge is 0.366 e. The molecule has 90 valence electrons. The van der Waals surface area contributed by atoms with Gasteiger partial charge in [-0.15, -0.1) is 5.10 Å². The zero-order valence-corrected chi connectivity index (χ0v) is 9.27. The first kappa shape index (κ1) is 11.1. The minimum absolute atomic E-state index is 0.0428. The highest BCUT2D eigenvalue weighted by Gasteiger charge is 2.18. The van der Waals surface area contributed by atoms with Crippen molar-refractivity contribution in [1.82, 2.24) is 30.5 Å². The number of carbonyl (C=O) groups is 1. The summed E-state index contributed by atoms with van der Waals surface area (Å²) in [5.41, 5.74) is 5.32. The van der Waals surface area contributed by atoms with Gasteiger partial charge in [-0.05, 0) is 6.42 Å². The van der Waals surface area contributed by atoms with Gasteiger partial charge in [-0.2, -0.15) is 4.98 Å². The molecule has 2 heterocycles. The Morgan fingerprint density at radius 3 is 3.00 bits per heavy atom. The SMILES string of the molecule is CCC(NC(=O)c1nc(N)n[nH]1)c1ncc[nH]1. The molecule has 0 saturated heterocycles. The van der Waals surface area contributed by atoms with E-state index in [0.29, 0.717) is 12.2 Å². The summed E-state index contributed by atoms with van der Waals surface area (Å²) < 4.78 is 0. The van der Waals surface area contributed by atoms with Crippen LogP contribution >= 0.6 is 0 Å². The molecule has 2 rings (SSSR count). The number of nitrogen functional groups attached to an aromatic ring is 1. The Morgan fingerprint density at radius 1 is 1.65 bits per heavy atom. The summed E-state index contributed by atoms with van der Waals surface area (Å²) >= 11 is 0. The van der Waals surface area contributed by atoms with Crippen molar-refractivity contribution in [3.8, 4) is 0 Å². The lowest BCUT2D eigenvalue weighted by atomic mass is 10.2. The van der Waals surface area contributed by atoms with Crippen LogP contribution in [0.2, 0.25) is 0 Å². The highest BCUT2D eigenvalue weighted by Crippen LogP contribution is 2.11. The Morgan fingerprint density at radius 2 is 2.47 bits per heavy atom. The molecule has 0 spiro atoms.